The lowest BCUT2D eigenvalue weighted by molar-refractivity contribution is -0.659. The van der Waals surface area contributed by atoms with Gasteiger partial charge in [-0.05, 0) is 76.8 Å². The summed E-state index contributed by atoms with van der Waals surface area (Å²) in [5, 5.41) is 7.69. The number of nitrogens with zero attached hydrogens (tertiary/aromatic N) is 1. The summed E-state index contributed by atoms with van der Waals surface area (Å²) < 4.78 is 14.9. The zero-order chi connectivity index (χ0) is 25.3. The van der Waals surface area contributed by atoms with E-state index in [1.807, 2.05) is 0 Å². The zero-order valence-corrected chi connectivity index (χ0v) is 22.2. The van der Waals surface area contributed by atoms with Gasteiger partial charge in [0, 0.05) is 30.2 Å². The van der Waals surface area contributed by atoms with Crippen LogP contribution in [0.25, 0.3) is 43.6 Å². The SMILES string of the molecule is Cc1c2c(c(CC(C)C)c3ccccc13)Oc1cc3ccc(C4CCOCC4)cc3c3cc[n+](C)c-2c13. The fraction of sp³-hybridized carbons (Fsp3) is 0.324. The van der Waals surface area contributed by atoms with Gasteiger partial charge in [-0.15, -0.1) is 0 Å². The number of aromatic nitrogens is 1. The molecule has 37 heavy (non-hydrogen) atoms. The molecule has 4 aromatic carbocycles. The highest BCUT2D eigenvalue weighted by Crippen LogP contribution is 2.52. The molecule has 1 aromatic heterocycles. The largest absolute Gasteiger partial charge is 0.455 e. The van der Waals surface area contributed by atoms with Gasteiger partial charge in [0.25, 0.3) is 0 Å². The van der Waals surface area contributed by atoms with Crippen molar-refractivity contribution >= 4 is 32.3 Å². The minimum absolute atomic E-state index is 0.532. The molecular formula is C34H34NO2+. The van der Waals surface area contributed by atoms with Gasteiger partial charge < -0.3 is 9.47 Å². The summed E-state index contributed by atoms with van der Waals surface area (Å²) in [7, 11) is 2.17. The molecule has 2 aliphatic rings. The van der Waals surface area contributed by atoms with E-state index in [1.54, 1.807) is 0 Å². The van der Waals surface area contributed by atoms with E-state index in [2.05, 4.69) is 93.2 Å². The van der Waals surface area contributed by atoms with Crippen molar-refractivity contribution in [2.24, 2.45) is 13.0 Å². The minimum atomic E-state index is 0.532. The van der Waals surface area contributed by atoms with Gasteiger partial charge in [-0.25, -0.2) is 4.57 Å². The van der Waals surface area contributed by atoms with E-state index in [0.717, 1.165) is 44.0 Å². The van der Waals surface area contributed by atoms with Gasteiger partial charge in [-0.1, -0.05) is 56.3 Å². The van der Waals surface area contributed by atoms with Crippen molar-refractivity contribution in [2.45, 2.75) is 46.0 Å². The molecule has 0 atom stereocenters. The van der Waals surface area contributed by atoms with Crippen molar-refractivity contribution in [3.8, 4) is 22.8 Å². The molecule has 2 aliphatic heterocycles. The second kappa shape index (κ2) is 8.56. The Morgan fingerprint density at radius 1 is 0.919 bits per heavy atom. The Morgan fingerprint density at radius 2 is 1.70 bits per heavy atom. The molecule has 0 spiro atoms. The standard InChI is InChI=1S/C34H34NO2/c1-20(2)17-29-26-8-6-5-7-25(26)21(3)31-33-32-27(11-14-35(33)4)28-18-23(22-12-15-36-16-13-22)9-10-24(28)19-30(32)37-34(29)31/h5-11,14,18-20,22H,12-13,15-17H2,1-4H3/q+1. The summed E-state index contributed by atoms with van der Waals surface area (Å²) in [6, 6.07) is 20.4. The number of ether oxygens (including phenoxy) is 2. The second-order valence-electron chi connectivity index (χ2n) is 11.4. The second-order valence-corrected chi connectivity index (χ2v) is 11.4. The number of benzene rings is 4. The maximum absolute atomic E-state index is 6.95. The van der Waals surface area contributed by atoms with Crippen LogP contribution in [0.1, 0.15) is 49.3 Å². The smallest absolute Gasteiger partial charge is 0.228 e. The van der Waals surface area contributed by atoms with Crippen LogP contribution in [0.4, 0.5) is 0 Å². The maximum atomic E-state index is 6.95. The molecule has 0 unspecified atom stereocenters. The Balaban J connectivity index is 1.55. The van der Waals surface area contributed by atoms with Crippen LogP contribution >= 0.6 is 0 Å². The molecule has 1 saturated heterocycles. The summed E-state index contributed by atoms with van der Waals surface area (Å²) in [5.74, 6) is 3.12. The number of aryl methyl sites for hydroxylation is 2. The molecule has 0 amide bonds. The lowest BCUT2D eigenvalue weighted by atomic mass is 9.85. The fourth-order valence-electron chi connectivity index (χ4n) is 6.71. The van der Waals surface area contributed by atoms with Gasteiger partial charge in [0.2, 0.25) is 5.69 Å². The Bertz CT molecular complexity index is 1710. The quantitative estimate of drug-likeness (QED) is 0.185. The molecule has 0 aliphatic carbocycles. The normalized spacial score (nSPS) is 15.5. The maximum Gasteiger partial charge on any atom is 0.228 e. The van der Waals surface area contributed by atoms with E-state index in [4.69, 9.17) is 9.47 Å². The van der Waals surface area contributed by atoms with Gasteiger partial charge in [-0.2, -0.15) is 0 Å². The lowest BCUT2D eigenvalue weighted by Gasteiger charge is -2.26. The Kier molecular flexibility index (Phi) is 5.26. The van der Waals surface area contributed by atoms with Crippen LogP contribution in [0.15, 0.2) is 60.8 Å². The third-order valence-corrected chi connectivity index (χ3v) is 8.51. The Labute approximate surface area is 218 Å². The van der Waals surface area contributed by atoms with Gasteiger partial charge in [0.15, 0.2) is 6.20 Å². The van der Waals surface area contributed by atoms with Gasteiger partial charge >= 0.3 is 0 Å². The summed E-state index contributed by atoms with van der Waals surface area (Å²) in [4.78, 5) is 0. The first kappa shape index (κ1) is 22.7. The molecule has 3 nitrogen and oxygen atoms in total. The van der Waals surface area contributed by atoms with Crippen LogP contribution in [-0.4, -0.2) is 13.2 Å². The predicted octanol–water partition coefficient (Wildman–Crippen LogP) is 8.14. The fourth-order valence-corrected chi connectivity index (χ4v) is 6.71. The number of hydrogen-bond donors (Lipinski definition) is 0. The highest BCUT2D eigenvalue weighted by molar-refractivity contribution is 6.16. The van der Waals surface area contributed by atoms with Gasteiger partial charge in [0.05, 0.1) is 10.9 Å². The van der Waals surface area contributed by atoms with Gasteiger partial charge in [0.1, 0.15) is 18.5 Å². The Morgan fingerprint density at radius 3 is 2.49 bits per heavy atom. The van der Waals surface area contributed by atoms with E-state index >= 15 is 0 Å². The van der Waals surface area contributed by atoms with E-state index in [9.17, 15) is 0 Å². The first-order valence-corrected chi connectivity index (χ1v) is 13.7. The van der Waals surface area contributed by atoms with E-state index in [0.29, 0.717) is 11.8 Å². The zero-order valence-electron chi connectivity index (χ0n) is 22.2. The lowest BCUT2D eigenvalue weighted by Crippen LogP contribution is -2.32. The monoisotopic (exact) mass is 488 g/mol. The molecule has 3 heteroatoms. The Hall–Kier alpha value is -3.43. The van der Waals surface area contributed by atoms with Crippen LogP contribution in [0.2, 0.25) is 0 Å². The molecule has 7 rings (SSSR count). The number of hydrogen-bond acceptors (Lipinski definition) is 2. The topological polar surface area (TPSA) is 22.3 Å². The van der Waals surface area contributed by atoms with E-state index in [-0.39, 0.29) is 0 Å². The van der Waals surface area contributed by atoms with E-state index in [1.165, 1.54) is 60.3 Å². The summed E-state index contributed by atoms with van der Waals surface area (Å²) in [5.41, 5.74) is 6.56. The summed E-state index contributed by atoms with van der Waals surface area (Å²) in [6.07, 6.45) is 5.42. The molecular weight excluding hydrogens is 454 g/mol. The van der Waals surface area contributed by atoms with Crippen LogP contribution in [0.5, 0.6) is 11.5 Å². The van der Waals surface area contributed by atoms with Crippen LogP contribution in [0.3, 0.4) is 0 Å². The van der Waals surface area contributed by atoms with Crippen molar-refractivity contribution in [3.05, 3.63) is 77.5 Å². The average Bonchev–Trinajstić information content (AvgIpc) is 2.92. The highest BCUT2D eigenvalue weighted by Gasteiger charge is 2.33. The molecule has 0 saturated carbocycles. The number of rotatable bonds is 3. The van der Waals surface area contributed by atoms with Crippen LogP contribution in [-0.2, 0) is 18.2 Å². The predicted molar refractivity (Wildman–Crippen MR) is 152 cm³/mol. The van der Waals surface area contributed by atoms with Crippen molar-refractivity contribution in [1.82, 2.24) is 0 Å². The van der Waals surface area contributed by atoms with Crippen LogP contribution < -0.4 is 9.30 Å². The summed E-state index contributed by atoms with van der Waals surface area (Å²) >= 11 is 0. The molecule has 0 radical (unpaired) electrons. The van der Waals surface area contributed by atoms with Gasteiger partial charge in [-0.3, -0.25) is 0 Å². The minimum Gasteiger partial charge on any atom is -0.455 e. The summed E-state index contributed by atoms with van der Waals surface area (Å²) in [6.45, 7) is 8.57. The third kappa shape index (κ3) is 3.48. The van der Waals surface area contributed by atoms with Crippen molar-refractivity contribution in [3.63, 3.8) is 0 Å². The molecule has 0 bridgehead atoms. The van der Waals surface area contributed by atoms with E-state index < -0.39 is 0 Å². The van der Waals surface area contributed by atoms with Crippen molar-refractivity contribution in [1.29, 1.82) is 0 Å². The average molecular weight is 489 g/mol. The molecule has 3 heterocycles. The first-order valence-electron chi connectivity index (χ1n) is 13.7. The first-order chi connectivity index (χ1) is 18.0. The molecule has 186 valence electrons. The molecule has 0 N–H and O–H groups in total. The highest BCUT2D eigenvalue weighted by atomic mass is 16.5. The number of fused-ring (bicyclic) bond motifs is 5. The van der Waals surface area contributed by atoms with Crippen LogP contribution in [0, 0.1) is 12.8 Å². The number of pyridine rings is 1. The molecule has 1 fully saturated rings. The third-order valence-electron chi connectivity index (χ3n) is 8.51. The van der Waals surface area contributed by atoms with Crippen molar-refractivity contribution in [2.75, 3.05) is 13.2 Å². The molecule has 5 aromatic rings. The van der Waals surface area contributed by atoms with Crippen molar-refractivity contribution < 1.29 is 14.0 Å².